The number of hydrogen-bond acceptors (Lipinski definition) is 3. The number of carboxylic acid groups (broad SMARTS) is 1. The molecule has 0 spiro atoms. The number of unbranched alkanes of at least 4 members (excludes halogenated alkanes) is 8. The molecule has 2 aromatic rings. The first-order valence-corrected chi connectivity index (χ1v) is 13.4. The van der Waals surface area contributed by atoms with Crippen molar-refractivity contribution in [2.24, 2.45) is 0 Å². The Morgan fingerprint density at radius 2 is 1.69 bits per heavy atom. The molecule has 1 fully saturated rings. The lowest BCUT2D eigenvalue weighted by Crippen LogP contribution is -2.59. The number of carbonyl (C=O) groups excluding carboxylic acids is 2. The predicted octanol–water partition coefficient (Wildman–Crippen LogP) is 5.15. The molecule has 2 N–H and O–H groups in total. The van der Waals surface area contributed by atoms with Gasteiger partial charge in [-0.25, -0.2) is 0 Å². The van der Waals surface area contributed by atoms with Crippen molar-refractivity contribution in [2.75, 3.05) is 19.6 Å². The quantitative estimate of drug-likeness (QED) is 0.343. The van der Waals surface area contributed by atoms with E-state index in [2.05, 4.69) is 18.0 Å². The summed E-state index contributed by atoms with van der Waals surface area (Å²) in [5.41, 5.74) is 2.19. The first kappa shape index (κ1) is 26.8. The van der Waals surface area contributed by atoms with Crippen LogP contribution in [-0.2, 0) is 20.8 Å². The molecule has 1 saturated heterocycles. The molecule has 0 bridgehead atoms. The minimum atomic E-state index is -1.05. The number of fused-ring (bicyclic) bond motifs is 1. The van der Waals surface area contributed by atoms with Gasteiger partial charge in [-0.15, -0.1) is 0 Å². The van der Waals surface area contributed by atoms with Gasteiger partial charge >= 0.3 is 5.97 Å². The molecule has 3 rings (SSSR count). The van der Waals surface area contributed by atoms with E-state index in [0.717, 1.165) is 35.7 Å². The molecule has 2 heterocycles. The average molecular weight is 484 g/mol. The zero-order valence-electron chi connectivity index (χ0n) is 21.1. The van der Waals surface area contributed by atoms with Gasteiger partial charge in [0, 0.05) is 43.2 Å². The Kier molecular flexibility index (Phi) is 10.6. The lowest BCUT2D eigenvalue weighted by atomic mass is 10.0. The highest BCUT2D eigenvalue weighted by molar-refractivity contribution is 5.92. The first-order chi connectivity index (χ1) is 17.0. The molecule has 0 aliphatic carbocycles. The topological polar surface area (TPSA) is 93.7 Å². The summed E-state index contributed by atoms with van der Waals surface area (Å²) in [5.74, 6) is -1.40. The van der Waals surface area contributed by atoms with Crippen LogP contribution in [0.4, 0.5) is 0 Å². The van der Waals surface area contributed by atoms with Gasteiger partial charge in [-0.1, -0.05) is 76.5 Å². The van der Waals surface area contributed by atoms with Crippen LogP contribution in [0.2, 0.25) is 0 Å². The second-order valence-corrected chi connectivity index (χ2v) is 9.71. The molecule has 7 heteroatoms. The number of amides is 2. The van der Waals surface area contributed by atoms with Crippen LogP contribution < -0.4 is 0 Å². The third kappa shape index (κ3) is 7.84. The van der Waals surface area contributed by atoms with Crippen molar-refractivity contribution >= 4 is 28.7 Å². The van der Waals surface area contributed by atoms with Gasteiger partial charge in [-0.05, 0) is 24.5 Å². The molecule has 1 aliphatic rings. The van der Waals surface area contributed by atoms with Gasteiger partial charge < -0.3 is 19.9 Å². The summed E-state index contributed by atoms with van der Waals surface area (Å²) in [4.78, 5) is 44.1. The fraction of sp³-hybridized carbons (Fsp3) is 0.607. The van der Waals surface area contributed by atoms with E-state index in [9.17, 15) is 19.5 Å². The number of rotatable bonds is 15. The van der Waals surface area contributed by atoms with E-state index in [0.29, 0.717) is 32.5 Å². The summed E-state index contributed by atoms with van der Waals surface area (Å²) >= 11 is 0. The number of para-hydroxylation sites is 1. The lowest BCUT2D eigenvalue weighted by molar-refractivity contribution is -0.155. The Hall–Kier alpha value is -2.83. The smallest absolute Gasteiger partial charge is 0.305 e. The minimum absolute atomic E-state index is 0.0937. The molecule has 1 aromatic heterocycles. The van der Waals surface area contributed by atoms with Crippen LogP contribution in [0.25, 0.3) is 10.9 Å². The van der Waals surface area contributed by atoms with Crippen molar-refractivity contribution in [3.63, 3.8) is 0 Å². The zero-order chi connectivity index (χ0) is 25.0. The number of hydrogen-bond donors (Lipinski definition) is 2. The highest BCUT2D eigenvalue weighted by Gasteiger charge is 2.38. The van der Waals surface area contributed by atoms with Crippen molar-refractivity contribution in [3.05, 3.63) is 36.0 Å². The SMILES string of the molecule is CCCCCCCCCCCC(=O)N1CCN(CCc2c[nH]c3ccccc23)C(=O)C1CC(=O)O. The van der Waals surface area contributed by atoms with Crippen molar-refractivity contribution in [1.29, 1.82) is 0 Å². The van der Waals surface area contributed by atoms with Crippen LogP contribution in [0, 0.1) is 0 Å². The van der Waals surface area contributed by atoms with E-state index in [1.165, 1.54) is 43.4 Å². The Morgan fingerprint density at radius 1 is 1.00 bits per heavy atom. The number of nitrogens with one attached hydrogen (secondary N) is 1. The van der Waals surface area contributed by atoms with Crippen LogP contribution >= 0.6 is 0 Å². The van der Waals surface area contributed by atoms with Gasteiger partial charge in [-0.3, -0.25) is 14.4 Å². The van der Waals surface area contributed by atoms with Crippen molar-refractivity contribution in [3.8, 4) is 0 Å². The van der Waals surface area contributed by atoms with E-state index >= 15 is 0 Å². The van der Waals surface area contributed by atoms with Crippen LogP contribution in [0.5, 0.6) is 0 Å². The molecule has 35 heavy (non-hydrogen) atoms. The third-order valence-corrected chi connectivity index (χ3v) is 7.09. The Labute approximate surface area is 208 Å². The fourth-order valence-electron chi connectivity index (χ4n) is 5.05. The molecule has 1 aliphatic heterocycles. The number of H-pyrrole nitrogens is 1. The second-order valence-electron chi connectivity index (χ2n) is 9.71. The van der Waals surface area contributed by atoms with Crippen molar-refractivity contribution < 1.29 is 19.5 Å². The molecule has 1 aromatic carbocycles. The Bertz CT molecular complexity index is 970. The number of carbonyl (C=O) groups is 3. The third-order valence-electron chi connectivity index (χ3n) is 7.09. The molecular weight excluding hydrogens is 442 g/mol. The molecule has 1 unspecified atom stereocenters. The van der Waals surface area contributed by atoms with Crippen molar-refractivity contribution in [1.82, 2.24) is 14.8 Å². The van der Waals surface area contributed by atoms with Gasteiger partial charge in [0.25, 0.3) is 0 Å². The maximum Gasteiger partial charge on any atom is 0.305 e. The highest BCUT2D eigenvalue weighted by Crippen LogP contribution is 2.21. The number of benzene rings is 1. The van der Waals surface area contributed by atoms with Crippen LogP contribution in [0.1, 0.15) is 83.1 Å². The standard InChI is InChI=1S/C28H41N3O4/c1-2-3-4-5-6-7-8-9-10-15-26(32)31-19-18-30(28(35)25(31)20-27(33)34)17-16-22-21-29-24-14-12-11-13-23(22)24/h11-14,21,25,29H,2-10,15-20H2,1H3,(H,33,34). The number of piperazine rings is 1. The van der Waals surface area contributed by atoms with E-state index in [-0.39, 0.29) is 18.2 Å². The summed E-state index contributed by atoms with van der Waals surface area (Å²) < 4.78 is 0. The highest BCUT2D eigenvalue weighted by atomic mass is 16.4. The predicted molar refractivity (Wildman–Crippen MR) is 138 cm³/mol. The Morgan fingerprint density at radius 3 is 2.40 bits per heavy atom. The first-order valence-electron chi connectivity index (χ1n) is 13.4. The number of aliphatic carboxylic acids is 1. The van der Waals surface area contributed by atoms with Gasteiger partial charge in [0.1, 0.15) is 6.04 Å². The maximum atomic E-state index is 13.2. The van der Waals surface area contributed by atoms with Gasteiger partial charge in [-0.2, -0.15) is 0 Å². The molecule has 0 radical (unpaired) electrons. The van der Waals surface area contributed by atoms with E-state index in [1.54, 1.807) is 4.90 Å². The fourth-order valence-corrected chi connectivity index (χ4v) is 5.05. The molecule has 1 atom stereocenters. The van der Waals surface area contributed by atoms with E-state index in [4.69, 9.17) is 0 Å². The summed E-state index contributed by atoms with van der Waals surface area (Å²) in [7, 11) is 0. The van der Waals surface area contributed by atoms with Crippen LogP contribution in [0.3, 0.4) is 0 Å². The lowest BCUT2D eigenvalue weighted by Gasteiger charge is -2.40. The molecule has 2 amide bonds. The average Bonchev–Trinajstić information content (AvgIpc) is 3.26. The van der Waals surface area contributed by atoms with Gasteiger partial charge in [0.2, 0.25) is 11.8 Å². The molecule has 0 saturated carbocycles. The van der Waals surface area contributed by atoms with Gasteiger partial charge in [0.15, 0.2) is 0 Å². The maximum absolute atomic E-state index is 13.2. The summed E-state index contributed by atoms with van der Waals surface area (Å²) in [6.45, 7) is 3.57. The van der Waals surface area contributed by atoms with Crippen LogP contribution in [0.15, 0.2) is 30.5 Å². The van der Waals surface area contributed by atoms with E-state index < -0.39 is 12.0 Å². The molecule has 192 valence electrons. The number of nitrogens with zero attached hydrogens (tertiary/aromatic N) is 2. The largest absolute Gasteiger partial charge is 0.481 e. The normalized spacial score (nSPS) is 16.3. The number of aromatic nitrogens is 1. The Balaban J connectivity index is 1.47. The van der Waals surface area contributed by atoms with Gasteiger partial charge in [0.05, 0.1) is 6.42 Å². The second kappa shape index (κ2) is 13.9. The number of carboxylic acids is 1. The van der Waals surface area contributed by atoms with Crippen molar-refractivity contribution in [2.45, 2.75) is 90.0 Å². The summed E-state index contributed by atoms with van der Waals surface area (Å²) in [6, 6.07) is 7.14. The minimum Gasteiger partial charge on any atom is -0.481 e. The number of aromatic amines is 1. The summed E-state index contributed by atoms with van der Waals surface area (Å²) in [5, 5.41) is 10.5. The monoisotopic (exact) mass is 483 g/mol. The van der Waals surface area contributed by atoms with E-state index in [1.807, 2.05) is 24.4 Å². The molecule has 7 nitrogen and oxygen atoms in total. The van der Waals surface area contributed by atoms with Crippen LogP contribution in [-0.4, -0.2) is 63.4 Å². The zero-order valence-corrected chi connectivity index (χ0v) is 21.1. The summed E-state index contributed by atoms with van der Waals surface area (Å²) in [6.07, 6.45) is 13.2. The molecular formula is C28H41N3O4.